The number of hydrogen-bond acceptors (Lipinski definition) is 6. The van der Waals surface area contributed by atoms with Crippen molar-refractivity contribution in [1.82, 2.24) is 4.90 Å². The Labute approximate surface area is 171 Å². The fourth-order valence-corrected chi connectivity index (χ4v) is 4.98. The number of hydrogen-bond donors (Lipinski definition) is 0. The van der Waals surface area contributed by atoms with Gasteiger partial charge >= 0.3 is 0 Å². The van der Waals surface area contributed by atoms with Crippen molar-refractivity contribution in [2.45, 2.75) is 38.1 Å². The van der Waals surface area contributed by atoms with Gasteiger partial charge in [0.2, 0.25) is 0 Å². The smallest absolute Gasteiger partial charge is 0.269 e. The Balaban J connectivity index is 1.52. The first kappa shape index (κ1) is 18.9. The Hall–Kier alpha value is -2.45. The molecule has 0 radical (unpaired) electrons. The lowest BCUT2D eigenvalue weighted by Crippen LogP contribution is -2.39. The zero-order chi connectivity index (χ0) is 19.7. The number of amides is 1. The van der Waals surface area contributed by atoms with Crippen LogP contribution < -0.4 is 0 Å². The standard InChI is InChI=1S/C20H18N2O4S2/c23-19-18(28-20(27)21(19)14-4-2-1-3-5-14)12-16-10-11-17(26-16)13-6-8-15(9-7-13)22(24)25/h6-12,14H,1-5H2/b18-12-. The summed E-state index contributed by atoms with van der Waals surface area (Å²) >= 11 is 6.76. The van der Waals surface area contributed by atoms with Gasteiger partial charge in [-0.3, -0.25) is 19.8 Å². The molecule has 28 heavy (non-hydrogen) atoms. The summed E-state index contributed by atoms with van der Waals surface area (Å²) in [5.74, 6) is 1.09. The second kappa shape index (κ2) is 7.89. The average Bonchev–Trinajstić information content (AvgIpc) is 3.27. The van der Waals surface area contributed by atoms with E-state index in [1.54, 1.807) is 35.2 Å². The maximum Gasteiger partial charge on any atom is 0.269 e. The summed E-state index contributed by atoms with van der Waals surface area (Å²) in [5.41, 5.74) is 0.766. The molecular formula is C20H18N2O4S2. The molecular weight excluding hydrogens is 396 g/mol. The molecule has 1 saturated heterocycles. The van der Waals surface area contributed by atoms with E-state index in [-0.39, 0.29) is 17.6 Å². The fraction of sp³-hybridized carbons (Fsp3) is 0.300. The van der Waals surface area contributed by atoms with E-state index < -0.39 is 4.92 Å². The summed E-state index contributed by atoms with van der Waals surface area (Å²) < 4.78 is 6.44. The molecule has 0 bridgehead atoms. The summed E-state index contributed by atoms with van der Waals surface area (Å²) in [7, 11) is 0. The summed E-state index contributed by atoms with van der Waals surface area (Å²) in [5, 5.41) is 10.8. The molecule has 1 aliphatic carbocycles. The van der Waals surface area contributed by atoms with E-state index in [9.17, 15) is 14.9 Å². The maximum atomic E-state index is 12.8. The number of nitro benzene ring substituents is 1. The number of furan rings is 1. The van der Waals surface area contributed by atoms with Crippen molar-refractivity contribution in [3.05, 3.63) is 57.2 Å². The molecule has 1 aromatic carbocycles. The van der Waals surface area contributed by atoms with Crippen molar-refractivity contribution in [1.29, 1.82) is 0 Å². The normalized spacial score (nSPS) is 19.6. The molecule has 0 spiro atoms. The van der Waals surface area contributed by atoms with Crippen LogP contribution in [0.4, 0.5) is 5.69 Å². The highest BCUT2D eigenvalue weighted by Gasteiger charge is 2.37. The van der Waals surface area contributed by atoms with E-state index in [1.807, 2.05) is 0 Å². The predicted molar refractivity (Wildman–Crippen MR) is 113 cm³/mol. The highest BCUT2D eigenvalue weighted by Crippen LogP contribution is 2.37. The lowest BCUT2D eigenvalue weighted by Gasteiger charge is -2.29. The van der Waals surface area contributed by atoms with Crippen LogP contribution >= 0.6 is 24.0 Å². The number of rotatable bonds is 4. The number of benzene rings is 1. The summed E-state index contributed by atoms with van der Waals surface area (Å²) in [6, 6.07) is 9.94. The molecule has 1 aliphatic heterocycles. The molecule has 8 heteroatoms. The molecule has 1 aromatic heterocycles. The molecule has 4 rings (SSSR count). The molecule has 0 atom stereocenters. The molecule has 0 N–H and O–H groups in total. The molecule has 2 heterocycles. The van der Waals surface area contributed by atoms with Crippen LogP contribution in [0.5, 0.6) is 0 Å². The summed E-state index contributed by atoms with van der Waals surface area (Å²) in [4.78, 5) is 25.5. The van der Waals surface area contributed by atoms with Crippen LogP contribution in [0.15, 0.2) is 45.7 Å². The fourth-order valence-electron chi connectivity index (χ4n) is 3.60. The lowest BCUT2D eigenvalue weighted by atomic mass is 9.94. The molecule has 1 saturated carbocycles. The largest absolute Gasteiger partial charge is 0.457 e. The first-order chi connectivity index (χ1) is 13.5. The minimum Gasteiger partial charge on any atom is -0.457 e. The van der Waals surface area contributed by atoms with E-state index >= 15 is 0 Å². The number of thioether (sulfide) groups is 1. The highest BCUT2D eigenvalue weighted by atomic mass is 32.2. The van der Waals surface area contributed by atoms with Crippen LogP contribution in [0, 0.1) is 10.1 Å². The molecule has 2 aliphatic rings. The maximum absolute atomic E-state index is 12.8. The number of non-ortho nitro benzene ring substituents is 1. The van der Waals surface area contributed by atoms with Crippen LogP contribution in [0.2, 0.25) is 0 Å². The zero-order valence-corrected chi connectivity index (χ0v) is 16.6. The van der Waals surface area contributed by atoms with Gasteiger partial charge in [0.15, 0.2) is 0 Å². The number of carbonyl (C=O) groups is 1. The van der Waals surface area contributed by atoms with Crippen LogP contribution in [-0.4, -0.2) is 26.1 Å². The number of nitrogens with zero attached hydrogens (tertiary/aromatic N) is 2. The van der Waals surface area contributed by atoms with Gasteiger partial charge in [0.25, 0.3) is 11.6 Å². The van der Waals surface area contributed by atoms with E-state index in [1.165, 1.54) is 30.3 Å². The third-order valence-electron chi connectivity index (χ3n) is 5.03. The van der Waals surface area contributed by atoms with E-state index in [2.05, 4.69) is 0 Å². The van der Waals surface area contributed by atoms with Gasteiger partial charge in [-0.1, -0.05) is 43.2 Å². The SMILES string of the molecule is O=C1/C(=C/c2ccc(-c3ccc([N+](=O)[O-])cc3)o2)SC(=S)N1C1CCCCC1. The minimum absolute atomic E-state index is 0.0296. The first-order valence-electron chi connectivity index (χ1n) is 9.14. The monoisotopic (exact) mass is 414 g/mol. The van der Waals surface area contributed by atoms with Crippen molar-refractivity contribution in [3.8, 4) is 11.3 Å². The Morgan fingerprint density at radius 1 is 1.14 bits per heavy atom. The van der Waals surface area contributed by atoms with E-state index in [0.29, 0.717) is 20.7 Å². The van der Waals surface area contributed by atoms with Crippen LogP contribution in [-0.2, 0) is 4.79 Å². The summed E-state index contributed by atoms with van der Waals surface area (Å²) in [6.45, 7) is 0. The average molecular weight is 415 g/mol. The molecule has 2 aromatic rings. The van der Waals surface area contributed by atoms with Crippen LogP contribution in [0.25, 0.3) is 17.4 Å². The van der Waals surface area contributed by atoms with Gasteiger partial charge in [-0.25, -0.2) is 0 Å². The van der Waals surface area contributed by atoms with Crippen molar-refractivity contribution < 1.29 is 14.1 Å². The van der Waals surface area contributed by atoms with Crippen molar-refractivity contribution in [3.63, 3.8) is 0 Å². The Bertz CT molecular complexity index is 959. The zero-order valence-electron chi connectivity index (χ0n) is 15.0. The number of thiocarbonyl (C=S) groups is 1. The topological polar surface area (TPSA) is 76.6 Å². The molecule has 1 amide bonds. The number of nitro groups is 1. The third-order valence-corrected chi connectivity index (χ3v) is 6.36. The summed E-state index contributed by atoms with van der Waals surface area (Å²) in [6.07, 6.45) is 7.22. The minimum atomic E-state index is -0.439. The number of carbonyl (C=O) groups excluding carboxylic acids is 1. The first-order valence-corrected chi connectivity index (χ1v) is 10.4. The van der Waals surface area contributed by atoms with E-state index in [0.717, 1.165) is 31.2 Å². The molecule has 144 valence electrons. The van der Waals surface area contributed by atoms with Gasteiger partial charge in [-0.05, 0) is 37.1 Å². The second-order valence-electron chi connectivity index (χ2n) is 6.85. The van der Waals surface area contributed by atoms with Gasteiger partial charge in [0.1, 0.15) is 15.8 Å². The van der Waals surface area contributed by atoms with Crippen LogP contribution in [0.3, 0.4) is 0 Å². The van der Waals surface area contributed by atoms with Gasteiger partial charge in [-0.15, -0.1) is 0 Å². The van der Waals surface area contributed by atoms with Crippen molar-refractivity contribution in [2.24, 2.45) is 0 Å². The van der Waals surface area contributed by atoms with E-state index in [4.69, 9.17) is 16.6 Å². The van der Waals surface area contributed by atoms with Gasteiger partial charge in [0, 0.05) is 29.8 Å². The predicted octanol–water partition coefficient (Wildman–Crippen LogP) is 5.39. The lowest BCUT2D eigenvalue weighted by molar-refractivity contribution is -0.384. The highest BCUT2D eigenvalue weighted by molar-refractivity contribution is 8.26. The van der Waals surface area contributed by atoms with Gasteiger partial charge in [-0.2, -0.15) is 0 Å². The Morgan fingerprint density at radius 2 is 1.86 bits per heavy atom. The van der Waals surface area contributed by atoms with Crippen LogP contribution in [0.1, 0.15) is 37.9 Å². The molecule has 2 fully saturated rings. The Morgan fingerprint density at radius 3 is 2.54 bits per heavy atom. The van der Waals surface area contributed by atoms with Crippen molar-refractivity contribution >= 4 is 46.0 Å². The van der Waals surface area contributed by atoms with Gasteiger partial charge in [0.05, 0.1) is 9.83 Å². The van der Waals surface area contributed by atoms with Crippen molar-refractivity contribution in [2.75, 3.05) is 0 Å². The quantitative estimate of drug-likeness (QED) is 0.289. The van der Waals surface area contributed by atoms with Gasteiger partial charge < -0.3 is 4.42 Å². The molecule has 6 nitrogen and oxygen atoms in total. The Kier molecular flexibility index (Phi) is 5.32. The second-order valence-corrected chi connectivity index (χ2v) is 8.53. The molecule has 0 unspecified atom stereocenters. The third kappa shape index (κ3) is 3.74.